The molecule has 21 heavy (non-hydrogen) atoms. The SMILES string of the molecule is CN(CC(F)F)S(=O)(=O)c1cc(CNC2CC2)ccc1Br. The van der Waals surface area contributed by atoms with Gasteiger partial charge in [0.2, 0.25) is 10.0 Å². The molecule has 0 heterocycles. The zero-order valence-electron chi connectivity index (χ0n) is 11.5. The summed E-state index contributed by atoms with van der Waals surface area (Å²) in [6, 6.07) is 5.48. The average molecular weight is 383 g/mol. The molecule has 1 N–H and O–H groups in total. The fraction of sp³-hybridized carbons (Fsp3) is 0.538. The lowest BCUT2D eigenvalue weighted by Crippen LogP contribution is -2.31. The molecule has 0 saturated heterocycles. The molecule has 4 nitrogen and oxygen atoms in total. The van der Waals surface area contributed by atoms with Crippen LogP contribution in [0.15, 0.2) is 27.6 Å². The number of halogens is 3. The first-order valence-corrected chi connectivity index (χ1v) is 8.80. The molecule has 1 aromatic carbocycles. The Balaban J connectivity index is 2.21. The number of sulfonamides is 1. The number of nitrogens with zero attached hydrogens (tertiary/aromatic N) is 1. The molecular weight excluding hydrogens is 366 g/mol. The quantitative estimate of drug-likeness (QED) is 0.788. The van der Waals surface area contributed by atoms with E-state index in [4.69, 9.17) is 0 Å². The molecule has 0 amide bonds. The fourth-order valence-electron chi connectivity index (χ4n) is 1.87. The van der Waals surface area contributed by atoms with Gasteiger partial charge in [-0.3, -0.25) is 0 Å². The smallest absolute Gasteiger partial charge is 0.252 e. The largest absolute Gasteiger partial charge is 0.310 e. The molecule has 1 aliphatic rings. The van der Waals surface area contributed by atoms with Gasteiger partial charge in [0, 0.05) is 24.1 Å². The minimum Gasteiger partial charge on any atom is -0.310 e. The van der Waals surface area contributed by atoms with Gasteiger partial charge >= 0.3 is 0 Å². The summed E-state index contributed by atoms with van der Waals surface area (Å²) >= 11 is 3.18. The molecule has 0 spiro atoms. The molecule has 0 radical (unpaired) electrons. The summed E-state index contributed by atoms with van der Waals surface area (Å²) in [6.45, 7) is -0.252. The van der Waals surface area contributed by atoms with Crippen LogP contribution >= 0.6 is 15.9 Å². The second kappa shape index (κ2) is 6.68. The van der Waals surface area contributed by atoms with Crippen molar-refractivity contribution in [1.82, 2.24) is 9.62 Å². The third-order valence-electron chi connectivity index (χ3n) is 3.25. The van der Waals surface area contributed by atoms with Gasteiger partial charge in [-0.05, 0) is 46.5 Å². The molecule has 0 bridgehead atoms. The van der Waals surface area contributed by atoms with Crippen molar-refractivity contribution in [3.05, 3.63) is 28.2 Å². The average Bonchev–Trinajstić information content (AvgIpc) is 3.20. The van der Waals surface area contributed by atoms with Crippen LogP contribution in [0.25, 0.3) is 0 Å². The number of hydrogen-bond acceptors (Lipinski definition) is 3. The summed E-state index contributed by atoms with van der Waals surface area (Å²) in [6.07, 6.45) is -0.430. The highest BCUT2D eigenvalue weighted by Gasteiger charge is 2.26. The van der Waals surface area contributed by atoms with Crippen molar-refractivity contribution in [2.45, 2.75) is 36.7 Å². The van der Waals surface area contributed by atoms with Crippen LogP contribution in [-0.4, -0.2) is 38.8 Å². The maximum Gasteiger partial charge on any atom is 0.252 e. The highest BCUT2D eigenvalue weighted by Crippen LogP contribution is 2.27. The molecule has 1 saturated carbocycles. The van der Waals surface area contributed by atoms with E-state index < -0.39 is 23.0 Å². The van der Waals surface area contributed by atoms with E-state index in [9.17, 15) is 17.2 Å². The lowest BCUT2D eigenvalue weighted by atomic mass is 10.2. The van der Waals surface area contributed by atoms with Gasteiger partial charge < -0.3 is 5.32 Å². The summed E-state index contributed by atoms with van der Waals surface area (Å²) in [5, 5.41) is 3.29. The Morgan fingerprint density at radius 2 is 2.10 bits per heavy atom. The van der Waals surface area contributed by atoms with Crippen LogP contribution in [0.5, 0.6) is 0 Å². The lowest BCUT2D eigenvalue weighted by molar-refractivity contribution is 0.126. The molecular formula is C13H17BrF2N2O2S. The predicted molar refractivity (Wildman–Crippen MR) is 79.8 cm³/mol. The van der Waals surface area contributed by atoms with E-state index in [2.05, 4.69) is 21.2 Å². The zero-order valence-corrected chi connectivity index (χ0v) is 13.9. The van der Waals surface area contributed by atoms with E-state index in [1.807, 2.05) is 6.07 Å². The van der Waals surface area contributed by atoms with E-state index in [0.29, 0.717) is 21.4 Å². The molecule has 8 heteroatoms. The van der Waals surface area contributed by atoms with Crippen molar-refractivity contribution in [2.24, 2.45) is 0 Å². The van der Waals surface area contributed by atoms with Gasteiger partial charge in [0.25, 0.3) is 6.43 Å². The van der Waals surface area contributed by atoms with Gasteiger partial charge in [-0.2, -0.15) is 4.31 Å². The second-order valence-corrected chi connectivity index (χ2v) is 7.96. The lowest BCUT2D eigenvalue weighted by Gasteiger charge is -2.18. The van der Waals surface area contributed by atoms with Gasteiger partial charge in [0.15, 0.2) is 0 Å². The van der Waals surface area contributed by atoms with Gasteiger partial charge in [0.05, 0.1) is 11.4 Å². The Morgan fingerprint density at radius 1 is 1.43 bits per heavy atom. The van der Waals surface area contributed by atoms with Crippen molar-refractivity contribution in [3.8, 4) is 0 Å². The van der Waals surface area contributed by atoms with Crippen molar-refractivity contribution in [2.75, 3.05) is 13.6 Å². The molecule has 0 aromatic heterocycles. The standard InChI is InChI=1S/C13H17BrF2N2O2S/c1-18(8-13(15)16)21(19,20)12-6-9(2-5-11(12)14)7-17-10-3-4-10/h2,5-6,10,13,17H,3-4,7-8H2,1H3. The van der Waals surface area contributed by atoms with E-state index in [-0.39, 0.29) is 4.90 Å². The van der Waals surface area contributed by atoms with Crippen LogP contribution in [0.1, 0.15) is 18.4 Å². The van der Waals surface area contributed by atoms with E-state index >= 15 is 0 Å². The van der Waals surface area contributed by atoms with Gasteiger partial charge in [-0.25, -0.2) is 17.2 Å². The van der Waals surface area contributed by atoms with E-state index in [1.165, 1.54) is 6.07 Å². The summed E-state index contributed by atoms with van der Waals surface area (Å²) in [7, 11) is -2.78. The Hall–Kier alpha value is -0.570. The molecule has 1 aromatic rings. The number of nitrogens with one attached hydrogen (secondary N) is 1. The second-order valence-electron chi connectivity index (χ2n) is 5.10. The van der Waals surface area contributed by atoms with Gasteiger partial charge in [-0.15, -0.1) is 0 Å². The molecule has 2 rings (SSSR count). The Bertz CT molecular complexity index is 606. The molecule has 1 aliphatic carbocycles. The summed E-state index contributed by atoms with van der Waals surface area (Å²) in [4.78, 5) is 0.0146. The van der Waals surface area contributed by atoms with Crippen LogP contribution in [0.2, 0.25) is 0 Å². The van der Waals surface area contributed by atoms with Gasteiger partial charge in [0.1, 0.15) is 0 Å². The van der Waals surface area contributed by atoms with E-state index in [0.717, 1.165) is 25.5 Å². The first-order valence-electron chi connectivity index (χ1n) is 6.57. The van der Waals surface area contributed by atoms with Crippen LogP contribution < -0.4 is 5.32 Å². The Morgan fingerprint density at radius 3 is 2.67 bits per heavy atom. The van der Waals surface area contributed by atoms with Crippen LogP contribution in [-0.2, 0) is 16.6 Å². The molecule has 1 fully saturated rings. The van der Waals surface area contributed by atoms with Crippen molar-refractivity contribution in [3.63, 3.8) is 0 Å². The minimum atomic E-state index is -3.93. The summed E-state index contributed by atoms with van der Waals surface area (Å²) in [5.74, 6) is 0. The fourth-order valence-corrected chi connectivity index (χ4v) is 3.99. The third-order valence-corrected chi connectivity index (χ3v) is 6.07. The highest BCUT2D eigenvalue weighted by molar-refractivity contribution is 9.10. The molecule has 0 atom stereocenters. The predicted octanol–water partition coefficient (Wildman–Crippen LogP) is 2.59. The first-order chi connectivity index (χ1) is 9.80. The minimum absolute atomic E-state index is 0.0146. The zero-order chi connectivity index (χ0) is 15.6. The van der Waals surface area contributed by atoms with Crippen molar-refractivity contribution < 1.29 is 17.2 Å². The molecule has 118 valence electrons. The highest BCUT2D eigenvalue weighted by atomic mass is 79.9. The molecule has 0 unspecified atom stereocenters. The Kier molecular flexibility index (Phi) is 5.34. The first kappa shape index (κ1) is 16.8. The maximum absolute atomic E-state index is 12.4. The topological polar surface area (TPSA) is 49.4 Å². The molecule has 0 aliphatic heterocycles. The third kappa shape index (κ3) is 4.45. The summed E-state index contributed by atoms with van der Waals surface area (Å²) in [5.41, 5.74) is 0.814. The normalized spacial score (nSPS) is 15.9. The monoisotopic (exact) mass is 382 g/mol. The Labute approximate surface area is 131 Å². The van der Waals surface area contributed by atoms with E-state index in [1.54, 1.807) is 6.07 Å². The van der Waals surface area contributed by atoms with Gasteiger partial charge in [-0.1, -0.05) is 6.07 Å². The van der Waals surface area contributed by atoms with Crippen molar-refractivity contribution >= 4 is 26.0 Å². The number of hydrogen-bond donors (Lipinski definition) is 1. The number of alkyl halides is 2. The number of rotatable bonds is 7. The summed E-state index contributed by atoms with van der Waals surface area (Å²) < 4.78 is 50.5. The van der Waals surface area contributed by atoms with Crippen LogP contribution in [0.3, 0.4) is 0 Å². The van der Waals surface area contributed by atoms with Crippen LogP contribution in [0.4, 0.5) is 8.78 Å². The maximum atomic E-state index is 12.4. The van der Waals surface area contributed by atoms with Crippen molar-refractivity contribution in [1.29, 1.82) is 0 Å². The van der Waals surface area contributed by atoms with Crippen LogP contribution in [0, 0.1) is 0 Å². The number of benzene rings is 1.